The van der Waals surface area contributed by atoms with Crippen molar-refractivity contribution in [3.63, 3.8) is 0 Å². The average Bonchev–Trinajstić information content (AvgIpc) is 3.16. The third-order valence-electron chi connectivity index (χ3n) is 5.11. The summed E-state index contributed by atoms with van der Waals surface area (Å²) in [7, 11) is -3.73. The van der Waals surface area contributed by atoms with E-state index >= 15 is 0 Å². The van der Waals surface area contributed by atoms with Crippen LogP contribution in [0.2, 0.25) is 0 Å². The summed E-state index contributed by atoms with van der Waals surface area (Å²) >= 11 is 1.37. The minimum absolute atomic E-state index is 0.155. The van der Waals surface area contributed by atoms with E-state index < -0.39 is 9.84 Å². The number of carbonyl (C=O) groups is 1. The Bertz CT molecular complexity index is 1180. The topological polar surface area (TPSA) is 72.5 Å². The maximum atomic E-state index is 13.2. The molecule has 1 atom stereocenters. The van der Waals surface area contributed by atoms with Gasteiger partial charge in [-0.15, -0.1) is 11.3 Å². The zero-order chi connectivity index (χ0) is 21.3. The van der Waals surface area contributed by atoms with Crippen LogP contribution in [0.15, 0.2) is 63.7 Å². The molecule has 156 valence electrons. The lowest BCUT2D eigenvalue weighted by Crippen LogP contribution is -2.23. The molecule has 1 N–H and O–H groups in total. The van der Waals surface area contributed by atoms with Crippen LogP contribution in [0.4, 0.5) is 5.69 Å². The first-order valence-electron chi connectivity index (χ1n) is 9.86. The number of hydrogen-bond donors (Lipinski definition) is 1. The first-order valence-corrected chi connectivity index (χ1v) is 12.2. The molecule has 5 nitrogen and oxygen atoms in total. The summed E-state index contributed by atoms with van der Waals surface area (Å²) in [5.74, 6) is 0.364. The molecule has 0 saturated heterocycles. The van der Waals surface area contributed by atoms with Crippen molar-refractivity contribution in [1.82, 2.24) is 0 Å². The van der Waals surface area contributed by atoms with E-state index in [2.05, 4.69) is 5.32 Å². The molecule has 0 saturated carbocycles. The van der Waals surface area contributed by atoms with Crippen LogP contribution < -0.4 is 10.1 Å². The van der Waals surface area contributed by atoms with Crippen LogP contribution in [-0.2, 0) is 14.6 Å². The van der Waals surface area contributed by atoms with Gasteiger partial charge in [0.15, 0.2) is 0 Å². The fourth-order valence-corrected chi connectivity index (χ4v) is 6.46. The molecule has 30 heavy (non-hydrogen) atoms. The highest BCUT2D eigenvalue weighted by atomic mass is 32.2. The predicted molar refractivity (Wildman–Crippen MR) is 118 cm³/mol. The molecular formula is C23H23NO4S2. The molecule has 4 rings (SSSR count). The Balaban J connectivity index is 1.75. The molecule has 1 aliphatic rings. The van der Waals surface area contributed by atoms with Gasteiger partial charge in [-0.1, -0.05) is 36.8 Å². The Morgan fingerprint density at radius 1 is 1.17 bits per heavy atom. The summed E-state index contributed by atoms with van der Waals surface area (Å²) in [6.45, 7) is 4.58. The van der Waals surface area contributed by atoms with Gasteiger partial charge in [-0.3, -0.25) is 4.79 Å². The Morgan fingerprint density at radius 3 is 2.67 bits per heavy atom. The van der Waals surface area contributed by atoms with E-state index in [1.54, 1.807) is 29.6 Å². The summed E-state index contributed by atoms with van der Waals surface area (Å²) < 4.78 is 32.2. The third-order valence-corrected chi connectivity index (χ3v) is 8.15. The molecule has 0 bridgehead atoms. The van der Waals surface area contributed by atoms with Crippen molar-refractivity contribution in [1.29, 1.82) is 0 Å². The highest BCUT2D eigenvalue weighted by Gasteiger charge is 2.34. The van der Waals surface area contributed by atoms with Crippen LogP contribution in [0.1, 0.15) is 41.7 Å². The zero-order valence-electron chi connectivity index (χ0n) is 16.8. The van der Waals surface area contributed by atoms with Crippen molar-refractivity contribution in [3.8, 4) is 5.75 Å². The summed E-state index contributed by atoms with van der Waals surface area (Å²) in [6.07, 6.45) is 1.18. The minimum atomic E-state index is -3.73. The standard InChI is InChI=1S/C23H23NO4S2/c1-3-11-28-17-6-4-5-16(12-17)19-13-21(25)24-22-20(14-29-23(19)22)30(26,27)18-9-7-15(2)8-10-18/h4-10,12,14,19H,3,11,13H2,1-2H3,(H,24,25). The van der Waals surface area contributed by atoms with Crippen molar-refractivity contribution in [2.75, 3.05) is 11.9 Å². The van der Waals surface area contributed by atoms with Gasteiger partial charge < -0.3 is 10.1 Å². The molecule has 7 heteroatoms. The van der Waals surface area contributed by atoms with Gasteiger partial charge in [-0.05, 0) is 43.2 Å². The molecule has 1 unspecified atom stereocenters. The Kier molecular flexibility index (Phi) is 5.66. The monoisotopic (exact) mass is 441 g/mol. The number of amides is 1. The second-order valence-electron chi connectivity index (χ2n) is 7.38. The molecule has 2 aromatic carbocycles. The van der Waals surface area contributed by atoms with Crippen molar-refractivity contribution >= 4 is 32.8 Å². The second-order valence-corrected chi connectivity index (χ2v) is 10.2. The number of hydrogen-bond acceptors (Lipinski definition) is 5. The number of anilines is 1. The molecule has 2 heterocycles. The number of carbonyl (C=O) groups excluding carboxylic acids is 1. The van der Waals surface area contributed by atoms with Crippen LogP contribution in [0.5, 0.6) is 5.75 Å². The van der Waals surface area contributed by atoms with Gasteiger partial charge in [0.1, 0.15) is 10.6 Å². The predicted octanol–water partition coefficient (Wildman–Crippen LogP) is 5.15. The van der Waals surface area contributed by atoms with Crippen LogP contribution >= 0.6 is 11.3 Å². The summed E-state index contributed by atoms with van der Waals surface area (Å²) in [5, 5.41) is 4.44. The minimum Gasteiger partial charge on any atom is -0.494 e. The number of rotatable bonds is 6. The highest BCUT2D eigenvalue weighted by molar-refractivity contribution is 7.91. The lowest BCUT2D eigenvalue weighted by Gasteiger charge is -2.24. The van der Waals surface area contributed by atoms with Crippen LogP contribution in [0.3, 0.4) is 0 Å². The molecule has 1 amide bonds. The van der Waals surface area contributed by atoms with Crippen molar-refractivity contribution in [3.05, 3.63) is 69.9 Å². The van der Waals surface area contributed by atoms with E-state index in [0.29, 0.717) is 12.3 Å². The van der Waals surface area contributed by atoms with E-state index in [1.165, 1.54) is 11.3 Å². The number of thiophene rings is 1. The maximum Gasteiger partial charge on any atom is 0.225 e. The lowest BCUT2D eigenvalue weighted by molar-refractivity contribution is -0.116. The van der Waals surface area contributed by atoms with Gasteiger partial charge >= 0.3 is 0 Å². The maximum absolute atomic E-state index is 13.2. The smallest absolute Gasteiger partial charge is 0.225 e. The van der Waals surface area contributed by atoms with Gasteiger partial charge in [0.25, 0.3) is 0 Å². The number of ether oxygens (including phenoxy) is 1. The van der Waals surface area contributed by atoms with Crippen molar-refractivity contribution < 1.29 is 17.9 Å². The fourth-order valence-electron chi connectivity index (χ4n) is 3.56. The Labute approximate surface area is 180 Å². The largest absolute Gasteiger partial charge is 0.494 e. The number of nitrogens with one attached hydrogen (secondary N) is 1. The zero-order valence-corrected chi connectivity index (χ0v) is 18.5. The van der Waals surface area contributed by atoms with Crippen molar-refractivity contribution in [2.45, 2.75) is 42.4 Å². The molecule has 0 radical (unpaired) electrons. The summed E-state index contributed by atoms with van der Waals surface area (Å²) in [6, 6.07) is 14.5. The summed E-state index contributed by atoms with van der Waals surface area (Å²) in [5.41, 5.74) is 2.34. The molecule has 0 spiro atoms. The Morgan fingerprint density at radius 2 is 1.93 bits per heavy atom. The second kappa shape index (κ2) is 8.24. The molecule has 0 aliphatic carbocycles. The molecule has 0 fully saturated rings. The van der Waals surface area contributed by atoms with Crippen LogP contribution in [-0.4, -0.2) is 20.9 Å². The van der Waals surface area contributed by atoms with Crippen LogP contribution in [0, 0.1) is 6.92 Å². The van der Waals surface area contributed by atoms with Crippen LogP contribution in [0.25, 0.3) is 0 Å². The SMILES string of the molecule is CCCOc1cccc(C2CC(=O)Nc3c(S(=O)(=O)c4ccc(C)cc4)csc32)c1. The van der Waals surface area contributed by atoms with E-state index in [0.717, 1.165) is 28.2 Å². The molecule has 1 aliphatic heterocycles. The first-order chi connectivity index (χ1) is 14.4. The van der Waals surface area contributed by atoms with Crippen molar-refractivity contribution in [2.24, 2.45) is 0 Å². The van der Waals surface area contributed by atoms with E-state index in [1.807, 2.05) is 38.1 Å². The van der Waals surface area contributed by atoms with E-state index in [9.17, 15) is 13.2 Å². The number of fused-ring (bicyclic) bond motifs is 1. The lowest BCUT2D eigenvalue weighted by atomic mass is 9.90. The molecular weight excluding hydrogens is 418 g/mol. The van der Waals surface area contributed by atoms with Gasteiger partial charge in [0.2, 0.25) is 15.7 Å². The Hall–Kier alpha value is -2.64. The number of aryl methyl sites for hydroxylation is 1. The number of sulfone groups is 1. The first kappa shape index (κ1) is 20.6. The van der Waals surface area contributed by atoms with Gasteiger partial charge in [0.05, 0.1) is 17.2 Å². The number of benzene rings is 2. The normalized spacial score (nSPS) is 16.1. The molecule has 3 aromatic rings. The fraction of sp³-hybridized carbons (Fsp3) is 0.261. The van der Waals surface area contributed by atoms with E-state index in [-0.39, 0.29) is 28.0 Å². The summed E-state index contributed by atoms with van der Waals surface area (Å²) in [4.78, 5) is 13.7. The van der Waals surface area contributed by atoms with Gasteiger partial charge in [0, 0.05) is 22.6 Å². The highest BCUT2D eigenvalue weighted by Crippen LogP contribution is 2.46. The van der Waals surface area contributed by atoms with Gasteiger partial charge in [-0.25, -0.2) is 8.42 Å². The molecule has 1 aromatic heterocycles. The van der Waals surface area contributed by atoms with E-state index in [4.69, 9.17) is 4.74 Å². The van der Waals surface area contributed by atoms with Gasteiger partial charge in [-0.2, -0.15) is 0 Å². The third kappa shape index (κ3) is 3.87. The average molecular weight is 442 g/mol. The quantitative estimate of drug-likeness (QED) is 0.574.